The number of nitrogens with one attached hydrogen (secondary N) is 1. The summed E-state index contributed by atoms with van der Waals surface area (Å²) in [5, 5.41) is 13.5. The lowest BCUT2D eigenvalue weighted by Crippen LogP contribution is -2.16. The zero-order valence-corrected chi connectivity index (χ0v) is 10.5. The Labute approximate surface area is 117 Å². The molecule has 0 aliphatic carbocycles. The van der Waals surface area contributed by atoms with Gasteiger partial charge in [-0.15, -0.1) is 0 Å². The van der Waals surface area contributed by atoms with E-state index < -0.39 is 17.5 Å². The fraction of sp³-hybridized carbons (Fsp3) is 0. The second kappa shape index (κ2) is 5.95. The summed E-state index contributed by atoms with van der Waals surface area (Å²) in [7, 11) is 0. The van der Waals surface area contributed by atoms with Gasteiger partial charge in [0.25, 0.3) is 5.91 Å². The van der Waals surface area contributed by atoms with E-state index in [0.717, 1.165) is 12.3 Å². The minimum atomic E-state index is -0.816. The highest BCUT2D eigenvalue weighted by molar-refractivity contribution is 6.05. The van der Waals surface area contributed by atoms with Gasteiger partial charge >= 0.3 is 0 Å². The Kier molecular flexibility index (Phi) is 4.07. The van der Waals surface area contributed by atoms with Crippen LogP contribution in [0.2, 0.25) is 0 Å². The van der Waals surface area contributed by atoms with Crippen molar-refractivity contribution >= 4 is 17.4 Å². The first kappa shape index (κ1) is 14.4. The van der Waals surface area contributed by atoms with Crippen LogP contribution in [0.1, 0.15) is 15.9 Å². The first-order chi connectivity index (χ1) is 10.0. The first-order valence-corrected chi connectivity index (χ1v) is 5.71. The van der Waals surface area contributed by atoms with E-state index in [0.29, 0.717) is 0 Å². The lowest BCUT2D eigenvalue weighted by molar-refractivity contribution is 0.102. The van der Waals surface area contributed by atoms with Gasteiger partial charge in [-0.2, -0.15) is 0 Å². The molecule has 0 aliphatic heterocycles. The van der Waals surface area contributed by atoms with E-state index in [9.17, 15) is 13.6 Å². The number of carbonyl (C=O) groups is 1. The van der Waals surface area contributed by atoms with Crippen molar-refractivity contribution in [3.8, 4) is 0 Å². The molecule has 21 heavy (non-hydrogen) atoms. The van der Waals surface area contributed by atoms with Gasteiger partial charge in [-0.1, -0.05) is 5.16 Å². The van der Waals surface area contributed by atoms with Gasteiger partial charge in [0.1, 0.15) is 5.82 Å². The molecule has 2 aromatic rings. The van der Waals surface area contributed by atoms with E-state index in [4.69, 9.17) is 10.9 Å². The smallest absolute Gasteiger partial charge is 0.258 e. The highest BCUT2D eigenvalue weighted by Gasteiger charge is 2.14. The maximum Gasteiger partial charge on any atom is 0.258 e. The molecule has 1 aromatic heterocycles. The Morgan fingerprint density at radius 3 is 2.67 bits per heavy atom. The number of carbonyl (C=O) groups excluding carboxylic acids is 1. The Morgan fingerprint density at radius 1 is 1.29 bits per heavy atom. The molecular weight excluding hydrogens is 282 g/mol. The number of anilines is 1. The second-order valence-corrected chi connectivity index (χ2v) is 3.99. The van der Waals surface area contributed by atoms with E-state index in [1.807, 2.05) is 0 Å². The third kappa shape index (κ3) is 3.11. The number of aromatic nitrogens is 1. The first-order valence-electron chi connectivity index (χ1n) is 5.71. The average molecular weight is 292 g/mol. The van der Waals surface area contributed by atoms with Crippen LogP contribution in [0.15, 0.2) is 41.8 Å². The fourth-order valence-electron chi connectivity index (χ4n) is 1.58. The number of pyridine rings is 1. The van der Waals surface area contributed by atoms with Crippen LogP contribution in [0, 0.1) is 11.6 Å². The summed E-state index contributed by atoms with van der Waals surface area (Å²) in [4.78, 5) is 15.3. The molecular formula is C13H10F2N4O2. The number of hydrogen-bond acceptors (Lipinski definition) is 4. The molecule has 0 fully saturated rings. The normalized spacial score (nSPS) is 11.2. The Bertz CT molecular complexity index is 719. The Hall–Kier alpha value is -3.03. The number of rotatable bonds is 3. The van der Waals surface area contributed by atoms with E-state index in [1.54, 1.807) is 0 Å². The summed E-state index contributed by atoms with van der Waals surface area (Å²) >= 11 is 0. The maximum atomic E-state index is 13.8. The summed E-state index contributed by atoms with van der Waals surface area (Å²) in [6, 6.07) is 4.72. The van der Waals surface area contributed by atoms with Gasteiger partial charge in [0, 0.05) is 11.8 Å². The summed E-state index contributed by atoms with van der Waals surface area (Å²) in [6.45, 7) is 0. The van der Waals surface area contributed by atoms with Gasteiger partial charge < -0.3 is 16.3 Å². The third-order valence-corrected chi connectivity index (χ3v) is 2.64. The molecule has 108 valence electrons. The molecule has 1 aromatic carbocycles. The minimum absolute atomic E-state index is 0.142. The molecule has 0 bridgehead atoms. The lowest BCUT2D eigenvalue weighted by atomic mass is 10.1. The molecule has 8 heteroatoms. The molecule has 1 amide bonds. The van der Waals surface area contributed by atoms with Crippen LogP contribution in [0.3, 0.4) is 0 Å². The van der Waals surface area contributed by atoms with Crippen LogP contribution in [0.5, 0.6) is 0 Å². The predicted octanol–water partition coefficient (Wildman–Crippen LogP) is 1.71. The minimum Gasteiger partial charge on any atom is -0.409 e. The summed E-state index contributed by atoms with van der Waals surface area (Å²) < 4.78 is 27.2. The molecule has 1 heterocycles. The second-order valence-electron chi connectivity index (χ2n) is 3.99. The van der Waals surface area contributed by atoms with Crippen LogP contribution >= 0.6 is 0 Å². The Balaban J connectivity index is 2.25. The van der Waals surface area contributed by atoms with Crippen molar-refractivity contribution in [1.29, 1.82) is 0 Å². The van der Waals surface area contributed by atoms with Crippen LogP contribution in [0.25, 0.3) is 0 Å². The van der Waals surface area contributed by atoms with Gasteiger partial charge in [0.05, 0.1) is 17.4 Å². The van der Waals surface area contributed by atoms with Gasteiger partial charge in [-0.25, -0.2) is 8.78 Å². The van der Waals surface area contributed by atoms with Crippen molar-refractivity contribution in [2.75, 3.05) is 5.32 Å². The monoisotopic (exact) mass is 292 g/mol. The molecule has 4 N–H and O–H groups in total. The number of nitrogens with two attached hydrogens (primary N) is 1. The molecule has 0 saturated carbocycles. The van der Waals surface area contributed by atoms with Crippen LogP contribution in [0.4, 0.5) is 14.5 Å². The highest BCUT2D eigenvalue weighted by Crippen LogP contribution is 2.17. The fourth-order valence-corrected chi connectivity index (χ4v) is 1.58. The number of benzene rings is 1. The maximum absolute atomic E-state index is 13.8. The summed E-state index contributed by atoms with van der Waals surface area (Å²) in [5.41, 5.74) is 5.04. The van der Waals surface area contributed by atoms with Gasteiger partial charge in [-0.05, 0) is 24.3 Å². The third-order valence-electron chi connectivity index (χ3n) is 2.64. The van der Waals surface area contributed by atoms with Crippen molar-refractivity contribution < 1.29 is 18.8 Å². The number of hydrogen-bond donors (Lipinski definition) is 3. The van der Waals surface area contributed by atoms with E-state index in [2.05, 4.69) is 15.5 Å². The van der Waals surface area contributed by atoms with Gasteiger partial charge in [0.2, 0.25) is 0 Å². The predicted molar refractivity (Wildman–Crippen MR) is 71.1 cm³/mol. The van der Waals surface area contributed by atoms with Crippen molar-refractivity contribution in [2.45, 2.75) is 0 Å². The van der Waals surface area contributed by atoms with Gasteiger partial charge in [-0.3, -0.25) is 9.78 Å². The SMILES string of the molecule is N/C(=N/O)c1ccc(NC(=O)c2ccncc2F)c(F)c1. The van der Waals surface area contributed by atoms with Crippen molar-refractivity contribution in [3.05, 3.63) is 59.4 Å². The molecule has 0 atom stereocenters. The number of amides is 1. The zero-order chi connectivity index (χ0) is 15.4. The Morgan fingerprint density at radius 2 is 2.05 bits per heavy atom. The lowest BCUT2D eigenvalue weighted by Gasteiger charge is -2.08. The van der Waals surface area contributed by atoms with E-state index in [1.165, 1.54) is 24.4 Å². The molecule has 0 radical (unpaired) electrons. The molecule has 2 rings (SSSR count). The summed E-state index contributed by atoms with van der Waals surface area (Å²) in [5.74, 6) is -2.71. The van der Waals surface area contributed by atoms with Crippen LogP contribution in [-0.2, 0) is 0 Å². The molecule has 0 aliphatic rings. The van der Waals surface area contributed by atoms with Gasteiger partial charge in [0.15, 0.2) is 11.7 Å². The number of amidine groups is 1. The van der Waals surface area contributed by atoms with E-state index in [-0.39, 0.29) is 22.6 Å². The highest BCUT2D eigenvalue weighted by atomic mass is 19.1. The number of halogens is 2. The molecule has 0 saturated heterocycles. The largest absolute Gasteiger partial charge is 0.409 e. The topological polar surface area (TPSA) is 101 Å². The molecule has 6 nitrogen and oxygen atoms in total. The zero-order valence-electron chi connectivity index (χ0n) is 10.5. The average Bonchev–Trinajstić information content (AvgIpc) is 2.48. The van der Waals surface area contributed by atoms with Crippen molar-refractivity contribution in [3.63, 3.8) is 0 Å². The van der Waals surface area contributed by atoms with Crippen LogP contribution in [-0.4, -0.2) is 21.9 Å². The van der Waals surface area contributed by atoms with Crippen LogP contribution < -0.4 is 11.1 Å². The standard InChI is InChI=1S/C13H10F2N4O2/c14-9-5-7(12(16)19-21)1-2-11(9)18-13(20)8-3-4-17-6-10(8)15/h1-6,21H,(H2,16,19)(H,18,20). The van der Waals surface area contributed by atoms with Crippen molar-refractivity contribution in [1.82, 2.24) is 4.98 Å². The molecule has 0 unspecified atom stereocenters. The van der Waals surface area contributed by atoms with Crippen molar-refractivity contribution in [2.24, 2.45) is 10.9 Å². The quantitative estimate of drug-likeness (QED) is 0.347. The van der Waals surface area contributed by atoms with E-state index >= 15 is 0 Å². The number of nitrogens with zero attached hydrogens (tertiary/aromatic N) is 2. The summed E-state index contributed by atoms with van der Waals surface area (Å²) in [6.07, 6.45) is 2.13. The number of oxime groups is 1. The molecule has 0 spiro atoms.